The number of hydrogen-bond donors (Lipinski definition) is 5. The zero-order chi connectivity index (χ0) is 52.5. The first-order valence-corrected chi connectivity index (χ1v) is 25.6. The fourth-order valence-electron chi connectivity index (χ4n) is 10.7. The number of carbonyl (C=O) groups excluding carboxylic acids is 5. The van der Waals surface area contributed by atoms with Crippen LogP contribution in [0.5, 0.6) is 11.5 Å². The van der Waals surface area contributed by atoms with Gasteiger partial charge in [-0.2, -0.15) is 0 Å². The molecule has 19 nitrogen and oxygen atoms in total. The number of phenolic OH excluding ortho intramolecular Hbond substituents is 1. The highest BCUT2D eigenvalue weighted by atomic mass is 16.7. The predicted octanol–water partition coefficient (Wildman–Crippen LogP) is 4.64. The second-order valence-electron chi connectivity index (χ2n) is 21.0. The van der Waals surface area contributed by atoms with Gasteiger partial charge in [0, 0.05) is 112 Å². The van der Waals surface area contributed by atoms with Crippen LogP contribution in [0.1, 0.15) is 119 Å². The molecule has 2 aromatic rings. The van der Waals surface area contributed by atoms with Gasteiger partial charge in [-0.25, -0.2) is 9.97 Å². The van der Waals surface area contributed by atoms with Crippen LogP contribution in [0.15, 0.2) is 71.0 Å². The van der Waals surface area contributed by atoms with Crippen LogP contribution in [-0.4, -0.2) is 146 Å². The topological polar surface area (TPSA) is 246 Å². The van der Waals surface area contributed by atoms with E-state index in [1.807, 2.05) is 4.90 Å². The average molecular weight is 1010 g/mol. The number of esters is 1. The predicted molar refractivity (Wildman–Crippen MR) is 270 cm³/mol. The van der Waals surface area contributed by atoms with Gasteiger partial charge in [-0.05, 0) is 51.2 Å². The van der Waals surface area contributed by atoms with Crippen LogP contribution in [0.4, 0.5) is 5.95 Å². The molecule has 5 bridgehead atoms. The Morgan fingerprint density at radius 2 is 1.66 bits per heavy atom. The lowest BCUT2D eigenvalue weighted by Gasteiger charge is -2.38. The number of nitrogens with one attached hydrogen (secondary N) is 2. The number of likely N-dealkylation sites (tertiary alicyclic amines) is 1. The molecule has 392 valence electrons. The minimum absolute atomic E-state index is 0.0143. The summed E-state index contributed by atoms with van der Waals surface area (Å²) in [6.07, 6.45) is 9.57. The average Bonchev–Trinajstić information content (AvgIpc) is 3.72. The third-order valence-electron chi connectivity index (χ3n) is 15.1. The molecule has 2 fully saturated rings. The Labute approximate surface area is 426 Å². The summed E-state index contributed by atoms with van der Waals surface area (Å²) in [7, 11) is 0. The summed E-state index contributed by atoms with van der Waals surface area (Å²) in [6, 6.07) is 1.73. The van der Waals surface area contributed by atoms with Gasteiger partial charge in [-0.15, -0.1) is 0 Å². The molecule has 6 aliphatic heterocycles. The van der Waals surface area contributed by atoms with E-state index in [4.69, 9.17) is 19.2 Å². The molecule has 73 heavy (non-hydrogen) atoms. The zero-order valence-electron chi connectivity index (χ0n) is 43.1. The van der Waals surface area contributed by atoms with Gasteiger partial charge in [0.15, 0.2) is 0 Å². The number of benzene rings is 1. The van der Waals surface area contributed by atoms with E-state index < -0.39 is 89.0 Å². The third kappa shape index (κ3) is 10.8. The van der Waals surface area contributed by atoms with Crippen molar-refractivity contribution in [3.63, 3.8) is 0 Å². The monoisotopic (exact) mass is 1010 g/mol. The first-order chi connectivity index (χ1) is 34.7. The number of aromatic nitrogens is 2. The van der Waals surface area contributed by atoms with Gasteiger partial charge in [0.25, 0.3) is 11.7 Å². The number of phenols is 1. The van der Waals surface area contributed by atoms with E-state index in [9.17, 15) is 39.3 Å². The number of anilines is 1. The Kier molecular flexibility index (Phi) is 15.6. The number of piperidine rings is 1. The summed E-state index contributed by atoms with van der Waals surface area (Å²) < 4.78 is 18.4. The molecule has 2 amide bonds. The number of aliphatic hydroxyl groups is 2. The Morgan fingerprint density at radius 1 is 0.932 bits per heavy atom. The highest BCUT2D eigenvalue weighted by Crippen LogP contribution is 2.50. The van der Waals surface area contributed by atoms with E-state index in [1.165, 1.54) is 20.1 Å². The van der Waals surface area contributed by atoms with Crippen LogP contribution in [0.25, 0.3) is 0 Å². The Morgan fingerprint density at radius 3 is 2.37 bits per heavy atom. The first kappa shape index (κ1) is 52.9. The van der Waals surface area contributed by atoms with E-state index in [2.05, 4.69) is 39.3 Å². The van der Waals surface area contributed by atoms with Crippen LogP contribution in [-0.2, 0) is 23.9 Å². The zero-order valence-corrected chi connectivity index (χ0v) is 43.1. The molecule has 7 heterocycles. The number of hydrogen-bond acceptors (Lipinski definition) is 17. The van der Waals surface area contributed by atoms with Gasteiger partial charge in [0.1, 0.15) is 35.4 Å². The fourth-order valence-corrected chi connectivity index (χ4v) is 10.7. The fraction of sp³-hybridized carbons (Fsp3) is 0.556. The number of ketones is 2. The molecular formula is C54H70N8O11. The van der Waals surface area contributed by atoms with Gasteiger partial charge >= 0.3 is 11.8 Å². The number of carbonyl (C=O) groups is 5. The maximum absolute atomic E-state index is 14.8. The summed E-state index contributed by atoms with van der Waals surface area (Å²) in [5.41, 5.74) is -0.258. The van der Waals surface area contributed by atoms with E-state index in [-0.39, 0.29) is 63.5 Å². The van der Waals surface area contributed by atoms with Crippen molar-refractivity contribution in [2.45, 2.75) is 124 Å². The molecule has 5 N–H and O–H groups in total. The maximum atomic E-state index is 14.8. The molecule has 1 spiro atoms. The highest BCUT2D eigenvalue weighted by molar-refractivity contribution is 6.34. The second kappa shape index (κ2) is 21.6. The summed E-state index contributed by atoms with van der Waals surface area (Å²) in [5, 5.41) is 41.5. The SMILES string of the molecule is C/C1=C/C=C/C(C)[C@H](O)[C@@H](C)C(O)[C@@H](C)[C@H](OC(=O)CC(=O)N2CCCN(c3ncccn3)CC2)CC/C=C/O[C@@]2(C)Oc3c(C)c(O)c4c(c3C2=O)C2=NC3(CCN(CC(C)C)CC3)NC2=C(NC1=O)C4=O. The normalized spacial score (nSPS) is 29.5. The second-order valence-corrected chi connectivity index (χ2v) is 21.0. The minimum Gasteiger partial charge on any atom is -0.507 e. The third-order valence-corrected chi connectivity index (χ3v) is 15.1. The molecule has 7 aliphatic rings. The van der Waals surface area contributed by atoms with E-state index in [0.29, 0.717) is 70.4 Å². The number of nitrogens with zero attached hydrogens (tertiary/aromatic N) is 6. The number of rotatable bonds is 6. The standard InChI is InChI=1S/C54H70N8O11/c1-30(2)29-60-23-17-54(18-24-60)58-42-39-40-47(67)35(7)49-41(39)50(69)53(8,73-49)71-27-10-9-16-36(72-38(64)28-37(63)61-21-13-22-62(26-25-61)52-55-19-12-20-56-52)33(5)46(66)34(6)45(65)31(3)14-11-15-32(4)51(70)57-44(48(40)68)43(42)59-54/h10-12,14-15,19-20,27,30-31,33-34,36,45-46,59,65-67H,9,13,16-18,21-26,28-29H2,1-8H3,(H,57,70)/b14-11+,27-10+,32-15-/t31?,33-,34+,36+,45-,46?,53-/m0/s1. The number of aromatic hydroxyl groups is 1. The van der Waals surface area contributed by atoms with Crippen LogP contribution < -0.4 is 20.3 Å². The summed E-state index contributed by atoms with van der Waals surface area (Å²) in [5.74, 6) is -6.42. The molecular weight excluding hydrogens is 937 g/mol. The Hall–Kier alpha value is -6.44. The summed E-state index contributed by atoms with van der Waals surface area (Å²) >= 11 is 0. The summed E-state index contributed by atoms with van der Waals surface area (Å²) in [4.78, 5) is 90.6. The van der Waals surface area contributed by atoms with Crippen LogP contribution in [0, 0.1) is 30.6 Å². The number of amides is 2. The van der Waals surface area contributed by atoms with Crippen LogP contribution in [0.2, 0.25) is 0 Å². The largest absolute Gasteiger partial charge is 0.507 e. The lowest BCUT2D eigenvalue weighted by atomic mass is 9.81. The molecule has 19 heteroatoms. The smallest absolute Gasteiger partial charge is 0.315 e. The van der Waals surface area contributed by atoms with Crippen LogP contribution in [0.3, 0.4) is 0 Å². The van der Waals surface area contributed by atoms with Crippen molar-refractivity contribution in [3.05, 3.63) is 88.2 Å². The molecule has 2 unspecified atom stereocenters. The van der Waals surface area contributed by atoms with Crippen molar-refractivity contribution in [1.82, 2.24) is 30.4 Å². The van der Waals surface area contributed by atoms with Gasteiger partial charge in [-0.3, -0.25) is 29.0 Å². The minimum atomic E-state index is -1.96. The van der Waals surface area contributed by atoms with Crippen molar-refractivity contribution in [2.75, 3.05) is 50.7 Å². The molecule has 0 saturated carbocycles. The van der Waals surface area contributed by atoms with Crippen LogP contribution >= 0.6 is 0 Å². The molecule has 1 aromatic carbocycles. The van der Waals surface area contributed by atoms with Gasteiger partial charge < -0.3 is 54.9 Å². The number of aliphatic imine (C=N–C) groups is 1. The number of Topliss-reactive ketones (excluding diaryl/α,β-unsaturated/α-hetero) is 2. The lowest BCUT2D eigenvalue weighted by Crippen LogP contribution is -2.50. The maximum Gasteiger partial charge on any atom is 0.315 e. The van der Waals surface area contributed by atoms with Gasteiger partial charge in [0.2, 0.25) is 17.6 Å². The summed E-state index contributed by atoms with van der Waals surface area (Å²) in [6.45, 7) is 18.3. The lowest BCUT2D eigenvalue weighted by molar-refractivity contribution is -0.159. The molecule has 2 saturated heterocycles. The number of allylic oxidation sites excluding steroid dienone is 5. The van der Waals surface area contributed by atoms with Crippen molar-refractivity contribution >= 4 is 41.0 Å². The quantitative estimate of drug-likeness (QED) is 0.195. The molecule has 7 atom stereocenters. The number of fused-ring (bicyclic) bond motifs is 13. The van der Waals surface area contributed by atoms with Gasteiger partial charge in [-0.1, -0.05) is 52.8 Å². The van der Waals surface area contributed by atoms with E-state index in [1.54, 1.807) is 75.4 Å². The highest BCUT2D eigenvalue weighted by Gasteiger charge is 2.54. The molecule has 9 rings (SSSR count). The molecule has 1 aliphatic carbocycles. The van der Waals surface area contributed by atoms with Crippen molar-refractivity contribution < 1.29 is 53.5 Å². The Balaban J connectivity index is 1.08. The molecule has 1 aromatic heterocycles. The van der Waals surface area contributed by atoms with Crippen molar-refractivity contribution in [2.24, 2.45) is 28.7 Å². The van der Waals surface area contributed by atoms with Crippen molar-refractivity contribution in [3.8, 4) is 11.5 Å². The first-order valence-electron chi connectivity index (χ1n) is 25.6. The van der Waals surface area contributed by atoms with E-state index >= 15 is 0 Å². The molecule has 0 radical (unpaired) electrons. The van der Waals surface area contributed by atoms with Crippen molar-refractivity contribution in [1.29, 1.82) is 0 Å². The Bertz CT molecular complexity index is 2660. The number of ether oxygens (including phenoxy) is 3. The number of aliphatic hydroxyl groups excluding tert-OH is 2. The van der Waals surface area contributed by atoms with E-state index in [0.717, 1.165) is 6.54 Å². The van der Waals surface area contributed by atoms with Gasteiger partial charge in [0.05, 0.1) is 41.0 Å².